The predicted molar refractivity (Wildman–Crippen MR) is 59.0 cm³/mol. The van der Waals surface area contributed by atoms with Gasteiger partial charge in [-0.25, -0.2) is 0 Å². The van der Waals surface area contributed by atoms with Crippen LogP contribution in [0.25, 0.3) is 0 Å². The molecule has 3 heteroatoms. The first-order valence-electron chi connectivity index (χ1n) is 4.96. The number of hydrogen-bond acceptors (Lipinski definition) is 3. The molecule has 1 aromatic heterocycles. The molecule has 0 saturated heterocycles. The number of pyridine rings is 1. The van der Waals surface area contributed by atoms with Crippen LogP contribution >= 0.6 is 0 Å². The van der Waals surface area contributed by atoms with Crippen LogP contribution in [-0.4, -0.2) is 11.5 Å². The van der Waals surface area contributed by atoms with Crippen molar-refractivity contribution in [3.05, 3.63) is 30.6 Å². The predicted octanol–water partition coefficient (Wildman–Crippen LogP) is 2.04. The van der Waals surface area contributed by atoms with E-state index in [1.807, 2.05) is 0 Å². The lowest BCUT2D eigenvalue weighted by Gasteiger charge is -2.04. The van der Waals surface area contributed by atoms with Crippen LogP contribution in [-0.2, 0) is 0 Å². The van der Waals surface area contributed by atoms with E-state index in [0.29, 0.717) is 0 Å². The number of nitrogen functional groups attached to an aromatic ring is 1. The van der Waals surface area contributed by atoms with E-state index in [1.54, 1.807) is 18.5 Å². The SMILES string of the molecule is Nc1ccncc1NC/C=C/C1CC1. The van der Waals surface area contributed by atoms with Crippen LogP contribution in [0.1, 0.15) is 12.8 Å². The summed E-state index contributed by atoms with van der Waals surface area (Å²) in [7, 11) is 0. The van der Waals surface area contributed by atoms with Gasteiger partial charge in [-0.2, -0.15) is 0 Å². The van der Waals surface area contributed by atoms with Crippen molar-refractivity contribution in [2.75, 3.05) is 17.6 Å². The number of aromatic nitrogens is 1. The van der Waals surface area contributed by atoms with Gasteiger partial charge >= 0.3 is 0 Å². The first-order valence-corrected chi connectivity index (χ1v) is 4.96. The molecule has 0 amide bonds. The Morgan fingerprint density at radius 2 is 2.43 bits per heavy atom. The number of allylic oxidation sites excluding steroid dienone is 1. The summed E-state index contributed by atoms with van der Waals surface area (Å²) in [6.07, 6.45) is 10.6. The highest BCUT2D eigenvalue weighted by Gasteiger charge is 2.16. The van der Waals surface area contributed by atoms with Crippen molar-refractivity contribution in [3.8, 4) is 0 Å². The van der Waals surface area contributed by atoms with E-state index in [-0.39, 0.29) is 0 Å². The minimum atomic E-state index is 0.750. The van der Waals surface area contributed by atoms with Gasteiger partial charge in [-0.3, -0.25) is 4.98 Å². The normalized spacial score (nSPS) is 16.0. The molecule has 1 fully saturated rings. The molecule has 0 unspecified atom stereocenters. The van der Waals surface area contributed by atoms with Gasteiger partial charge in [0.05, 0.1) is 17.6 Å². The third-order valence-electron chi connectivity index (χ3n) is 2.30. The molecule has 0 spiro atoms. The van der Waals surface area contributed by atoms with Crippen LogP contribution in [0.4, 0.5) is 11.4 Å². The minimum absolute atomic E-state index is 0.750. The zero-order valence-corrected chi connectivity index (χ0v) is 8.11. The Morgan fingerprint density at radius 3 is 3.14 bits per heavy atom. The summed E-state index contributed by atoms with van der Waals surface area (Å²) in [6.45, 7) is 0.826. The maximum absolute atomic E-state index is 5.75. The summed E-state index contributed by atoms with van der Waals surface area (Å²) in [4.78, 5) is 4.01. The average Bonchev–Trinajstić information content (AvgIpc) is 2.99. The molecule has 14 heavy (non-hydrogen) atoms. The fraction of sp³-hybridized carbons (Fsp3) is 0.364. The summed E-state index contributed by atoms with van der Waals surface area (Å²) >= 11 is 0. The third-order valence-corrected chi connectivity index (χ3v) is 2.30. The average molecular weight is 189 g/mol. The molecule has 74 valence electrons. The second-order valence-corrected chi connectivity index (χ2v) is 3.61. The number of hydrogen-bond donors (Lipinski definition) is 2. The van der Waals surface area contributed by atoms with E-state index in [1.165, 1.54) is 12.8 Å². The lowest BCUT2D eigenvalue weighted by Crippen LogP contribution is -2.02. The lowest BCUT2D eigenvalue weighted by atomic mass is 10.3. The summed E-state index contributed by atoms with van der Waals surface area (Å²) < 4.78 is 0. The van der Waals surface area contributed by atoms with Crippen molar-refractivity contribution in [3.63, 3.8) is 0 Å². The second kappa shape index (κ2) is 4.13. The number of nitrogens with zero attached hydrogens (tertiary/aromatic N) is 1. The summed E-state index contributed by atoms with van der Waals surface area (Å²) in [6, 6.07) is 1.80. The maximum atomic E-state index is 5.75. The van der Waals surface area contributed by atoms with Crippen LogP contribution in [0.15, 0.2) is 30.6 Å². The lowest BCUT2D eigenvalue weighted by molar-refractivity contribution is 1.11. The molecule has 3 nitrogen and oxygen atoms in total. The van der Waals surface area contributed by atoms with Crippen molar-refractivity contribution in [1.29, 1.82) is 0 Å². The molecule has 0 bridgehead atoms. The summed E-state index contributed by atoms with van der Waals surface area (Å²) in [5.74, 6) is 0.836. The fourth-order valence-corrected chi connectivity index (χ4v) is 1.27. The van der Waals surface area contributed by atoms with Gasteiger partial charge in [0, 0.05) is 12.7 Å². The van der Waals surface area contributed by atoms with Crippen molar-refractivity contribution in [1.82, 2.24) is 4.98 Å². The molecule has 2 rings (SSSR count). The van der Waals surface area contributed by atoms with Gasteiger partial charge in [0.2, 0.25) is 0 Å². The van der Waals surface area contributed by atoms with Crippen molar-refractivity contribution in [2.24, 2.45) is 5.92 Å². The molecule has 1 aliphatic rings. The van der Waals surface area contributed by atoms with Crippen LogP contribution in [0.3, 0.4) is 0 Å². The van der Waals surface area contributed by atoms with Crippen LogP contribution in [0.2, 0.25) is 0 Å². The Kier molecular flexibility index (Phi) is 2.68. The van der Waals surface area contributed by atoms with E-state index in [2.05, 4.69) is 22.5 Å². The van der Waals surface area contributed by atoms with Crippen LogP contribution < -0.4 is 11.1 Å². The molecule has 0 atom stereocenters. The number of anilines is 2. The number of nitrogens with one attached hydrogen (secondary N) is 1. The molecule has 1 aromatic rings. The topological polar surface area (TPSA) is 50.9 Å². The smallest absolute Gasteiger partial charge is 0.0762 e. The Labute approximate surface area is 84.0 Å². The zero-order chi connectivity index (χ0) is 9.80. The second-order valence-electron chi connectivity index (χ2n) is 3.61. The Bertz CT molecular complexity index is 329. The molecule has 0 aliphatic heterocycles. The Balaban J connectivity index is 1.82. The molecule has 0 radical (unpaired) electrons. The highest BCUT2D eigenvalue weighted by Crippen LogP contribution is 2.29. The van der Waals surface area contributed by atoms with Gasteiger partial charge in [-0.05, 0) is 24.8 Å². The molecular weight excluding hydrogens is 174 g/mol. The zero-order valence-electron chi connectivity index (χ0n) is 8.11. The molecule has 1 heterocycles. The van der Waals surface area contributed by atoms with Crippen molar-refractivity contribution >= 4 is 11.4 Å². The molecular formula is C11H15N3. The van der Waals surface area contributed by atoms with Gasteiger partial charge in [-0.15, -0.1) is 0 Å². The van der Waals surface area contributed by atoms with Gasteiger partial charge in [0.1, 0.15) is 0 Å². The van der Waals surface area contributed by atoms with Gasteiger partial charge in [-0.1, -0.05) is 12.2 Å². The van der Waals surface area contributed by atoms with Gasteiger partial charge < -0.3 is 11.1 Å². The van der Waals surface area contributed by atoms with E-state index >= 15 is 0 Å². The highest BCUT2D eigenvalue weighted by molar-refractivity contribution is 5.64. The molecule has 3 N–H and O–H groups in total. The largest absolute Gasteiger partial charge is 0.397 e. The van der Waals surface area contributed by atoms with Crippen LogP contribution in [0.5, 0.6) is 0 Å². The molecule has 1 saturated carbocycles. The van der Waals surface area contributed by atoms with E-state index < -0.39 is 0 Å². The Morgan fingerprint density at radius 1 is 1.57 bits per heavy atom. The monoisotopic (exact) mass is 189 g/mol. The van der Waals surface area contributed by atoms with Gasteiger partial charge in [0.25, 0.3) is 0 Å². The minimum Gasteiger partial charge on any atom is -0.397 e. The van der Waals surface area contributed by atoms with Crippen LogP contribution in [0, 0.1) is 5.92 Å². The number of rotatable bonds is 4. The first kappa shape index (κ1) is 9.06. The van der Waals surface area contributed by atoms with E-state index in [4.69, 9.17) is 5.73 Å². The van der Waals surface area contributed by atoms with E-state index in [9.17, 15) is 0 Å². The number of nitrogens with two attached hydrogens (primary N) is 1. The first-order chi connectivity index (χ1) is 6.86. The Hall–Kier alpha value is -1.51. The van der Waals surface area contributed by atoms with Crippen molar-refractivity contribution in [2.45, 2.75) is 12.8 Å². The fourth-order valence-electron chi connectivity index (χ4n) is 1.27. The summed E-state index contributed by atoms with van der Waals surface area (Å²) in [5.41, 5.74) is 7.41. The molecule has 1 aliphatic carbocycles. The summed E-state index contributed by atoms with van der Waals surface area (Å²) in [5, 5.41) is 3.22. The third kappa shape index (κ3) is 2.49. The van der Waals surface area contributed by atoms with E-state index in [0.717, 1.165) is 23.8 Å². The standard InChI is InChI=1S/C11H15N3/c12-10-5-7-13-8-11(10)14-6-1-2-9-3-4-9/h1-2,5,7-9,14H,3-4,6H2,(H2,12,13)/b2-1+. The quantitative estimate of drug-likeness (QED) is 0.713. The van der Waals surface area contributed by atoms with Gasteiger partial charge in [0.15, 0.2) is 0 Å². The molecule has 0 aromatic carbocycles. The van der Waals surface area contributed by atoms with Crippen molar-refractivity contribution < 1.29 is 0 Å². The maximum Gasteiger partial charge on any atom is 0.0762 e. The highest BCUT2D eigenvalue weighted by atomic mass is 14.9.